The van der Waals surface area contributed by atoms with Crippen LogP contribution in [0.1, 0.15) is 57.1 Å². The first-order chi connectivity index (χ1) is 21.0. The van der Waals surface area contributed by atoms with Crippen LogP contribution in [0.5, 0.6) is 0 Å². The highest BCUT2D eigenvalue weighted by molar-refractivity contribution is 6.22. The van der Waals surface area contributed by atoms with Crippen molar-refractivity contribution in [3.05, 3.63) is 132 Å². The van der Waals surface area contributed by atoms with Gasteiger partial charge in [0.05, 0.1) is 5.48 Å². The van der Waals surface area contributed by atoms with Crippen LogP contribution >= 0.6 is 0 Å². The van der Waals surface area contributed by atoms with Crippen molar-refractivity contribution in [2.45, 2.75) is 51.4 Å². The Balaban J connectivity index is 1.81. The van der Waals surface area contributed by atoms with Gasteiger partial charge in [0.1, 0.15) is 0 Å². The summed E-state index contributed by atoms with van der Waals surface area (Å²) < 4.78 is 36.4. The number of benzene rings is 6. The van der Waals surface area contributed by atoms with Crippen molar-refractivity contribution in [1.82, 2.24) is 0 Å². The van der Waals surface area contributed by atoms with Gasteiger partial charge in [-0.2, -0.15) is 0 Å². The monoisotopic (exact) mass is 520 g/mol. The minimum absolute atomic E-state index is 0.00231. The van der Waals surface area contributed by atoms with Gasteiger partial charge in [-0.25, -0.2) is 0 Å². The Morgan fingerprint density at radius 3 is 1.68 bits per heavy atom. The first-order valence-corrected chi connectivity index (χ1v) is 14.3. The topological polar surface area (TPSA) is 0 Å². The van der Waals surface area contributed by atoms with Gasteiger partial charge in [-0.15, -0.1) is 0 Å². The van der Waals surface area contributed by atoms with Crippen molar-refractivity contribution in [3.8, 4) is 33.4 Å². The Morgan fingerprint density at radius 2 is 1.02 bits per heavy atom. The zero-order valence-corrected chi connectivity index (χ0v) is 23.7. The summed E-state index contributed by atoms with van der Waals surface area (Å²) in [4.78, 5) is 0. The van der Waals surface area contributed by atoms with Gasteiger partial charge in [0.15, 0.2) is 0 Å². The predicted molar refractivity (Wildman–Crippen MR) is 173 cm³/mol. The second-order valence-corrected chi connectivity index (χ2v) is 12.5. The lowest BCUT2D eigenvalue weighted by Gasteiger charge is -2.44. The number of hydrogen-bond acceptors (Lipinski definition) is 0. The lowest BCUT2D eigenvalue weighted by molar-refractivity contribution is 0.333. The molecule has 0 saturated carbocycles. The molecule has 196 valence electrons. The fraction of sp³-hybridized carbons (Fsp3) is 0.200. The Hall–Kier alpha value is -4.16. The minimum Gasteiger partial charge on any atom is -0.0622 e. The molecule has 40 heavy (non-hydrogen) atoms. The van der Waals surface area contributed by atoms with Gasteiger partial charge in [-0.05, 0) is 89.7 Å². The first-order valence-electron chi connectivity index (χ1n) is 16.3. The summed E-state index contributed by atoms with van der Waals surface area (Å²) in [6.45, 7) is 9.32. The number of fused-ring (bicyclic) bond motifs is 3. The molecular weight excluding hydrogens is 480 g/mol. The standard InChI is InChI=1S/C40H36/c1-39(2)25-26-40(3,4)38-34(39)24-23-29(27-15-7-5-8-16-27)37(38)36-32-21-13-11-19-30(32)35(28-17-9-6-10-18-28)31-20-12-14-22-33(31)36/h5-24H,25-26H2,1-4H3/i11D,13D,19D,21D. The summed E-state index contributed by atoms with van der Waals surface area (Å²) in [5.74, 6) is 0. The lowest BCUT2D eigenvalue weighted by atomic mass is 9.60. The third-order valence-corrected chi connectivity index (χ3v) is 9.04. The summed E-state index contributed by atoms with van der Waals surface area (Å²) in [5.41, 5.74) is 8.33. The smallest absolute Gasteiger partial charge is 0.0622 e. The highest BCUT2D eigenvalue weighted by Crippen LogP contribution is 2.55. The fourth-order valence-corrected chi connectivity index (χ4v) is 6.91. The molecule has 7 rings (SSSR count). The van der Waals surface area contributed by atoms with E-state index in [4.69, 9.17) is 2.74 Å². The molecule has 0 heteroatoms. The molecule has 0 saturated heterocycles. The zero-order valence-electron chi connectivity index (χ0n) is 27.7. The SMILES string of the molecule is [2H]c1c([2H])c([2H])c2c(-c3c(-c4ccccc4)ccc4c3C(C)(C)CCC4(C)C)c3ccccc3c(-c3ccccc3)c2c1[2H]. The predicted octanol–water partition coefficient (Wildman–Crippen LogP) is 11.3. The van der Waals surface area contributed by atoms with Gasteiger partial charge in [0.2, 0.25) is 0 Å². The number of rotatable bonds is 3. The highest BCUT2D eigenvalue weighted by atomic mass is 14.4. The van der Waals surface area contributed by atoms with Gasteiger partial charge in [-0.1, -0.05) is 149 Å². The molecular formula is C40H36. The molecule has 0 fully saturated rings. The molecule has 0 bridgehead atoms. The third-order valence-electron chi connectivity index (χ3n) is 9.04. The van der Waals surface area contributed by atoms with E-state index < -0.39 is 0 Å². The maximum absolute atomic E-state index is 9.45. The molecule has 1 aliphatic rings. The molecule has 0 nitrogen and oxygen atoms in total. The summed E-state index contributed by atoms with van der Waals surface area (Å²) >= 11 is 0. The molecule has 1 aliphatic carbocycles. The van der Waals surface area contributed by atoms with Crippen LogP contribution in [0.3, 0.4) is 0 Å². The van der Waals surface area contributed by atoms with Crippen molar-refractivity contribution in [3.63, 3.8) is 0 Å². The Labute approximate surface area is 243 Å². The second kappa shape index (κ2) is 9.20. The van der Waals surface area contributed by atoms with Crippen LogP contribution < -0.4 is 0 Å². The molecule has 6 aromatic rings. The van der Waals surface area contributed by atoms with E-state index >= 15 is 0 Å². The maximum atomic E-state index is 9.45. The summed E-state index contributed by atoms with van der Waals surface area (Å²) in [6.07, 6.45) is 2.10. The molecule has 0 aliphatic heterocycles. The van der Waals surface area contributed by atoms with Crippen molar-refractivity contribution >= 4 is 21.5 Å². The average molecular weight is 521 g/mol. The van der Waals surface area contributed by atoms with E-state index in [1.54, 1.807) is 0 Å². The van der Waals surface area contributed by atoms with Crippen LogP contribution in [0.2, 0.25) is 0 Å². The van der Waals surface area contributed by atoms with Crippen LogP contribution in [0, 0.1) is 0 Å². The minimum atomic E-state index is -0.208. The average Bonchev–Trinajstić information content (AvgIpc) is 3.04. The lowest BCUT2D eigenvalue weighted by Crippen LogP contribution is -2.34. The normalized spacial score (nSPS) is 17.1. The Bertz CT molecular complexity index is 2090. The third kappa shape index (κ3) is 3.81. The first kappa shape index (κ1) is 20.7. The number of hydrogen-bond donors (Lipinski definition) is 0. The van der Waals surface area contributed by atoms with Crippen molar-refractivity contribution in [2.24, 2.45) is 0 Å². The molecule has 0 aromatic heterocycles. The van der Waals surface area contributed by atoms with E-state index in [-0.39, 0.29) is 35.0 Å². The second-order valence-electron chi connectivity index (χ2n) is 12.5. The van der Waals surface area contributed by atoms with Crippen LogP contribution in [0.25, 0.3) is 54.9 Å². The Kier molecular flexibility index (Phi) is 4.76. The maximum Gasteiger partial charge on any atom is 0.0629 e. The molecule has 0 spiro atoms. The van der Waals surface area contributed by atoms with E-state index in [2.05, 4.69) is 76.2 Å². The van der Waals surface area contributed by atoms with Gasteiger partial charge < -0.3 is 0 Å². The molecule has 0 amide bonds. The zero-order chi connectivity index (χ0) is 31.0. The fourth-order valence-electron chi connectivity index (χ4n) is 6.91. The van der Waals surface area contributed by atoms with Crippen LogP contribution in [0.4, 0.5) is 0 Å². The molecule has 0 unspecified atom stereocenters. The van der Waals surface area contributed by atoms with Gasteiger partial charge in [0, 0.05) is 0 Å². The molecule has 0 atom stereocenters. The highest BCUT2D eigenvalue weighted by Gasteiger charge is 2.40. The van der Waals surface area contributed by atoms with Gasteiger partial charge >= 0.3 is 0 Å². The summed E-state index contributed by atoms with van der Waals surface area (Å²) in [5, 5.41) is 3.13. The van der Waals surface area contributed by atoms with Crippen LogP contribution in [-0.2, 0) is 10.8 Å². The molecule has 0 radical (unpaired) electrons. The van der Waals surface area contributed by atoms with Gasteiger partial charge in [-0.3, -0.25) is 0 Å². The largest absolute Gasteiger partial charge is 0.0629 e. The van der Waals surface area contributed by atoms with Crippen LogP contribution in [0.15, 0.2) is 121 Å². The van der Waals surface area contributed by atoms with E-state index in [0.29, 0.717) is 10.8 Å². The van der Waals surface area contributed by atoms with Crippen LogP contribution in [-0.4, -0.2) is 0 Å². The van der Waals surface area contributed by atoms with E-state index in [1.165, 1.54) is 11.1 Å². The Morgan fingerprint density at radius 1 is 0.500 bits per heavy atom. The van der Waals surface area contributed by atoms with Crippen molar-refractivity contribution in [2.75, 3.05) is 0 Å². The van der Waals surface area contributed by atoms with E-state index in [1.807, 2.05) is 48.5 Å². The summed E-state index contributed by atoms with van der Waals surface area (Å²) in [7, 11) is 0. The quantitative estimate of drug-likeness (QED) is 0.204. The summed E-state index contributed by atoms with van der Waals surface area (Å²) in [6, 6.07) is 32.9. The molecule has 0 N–H and O–H groups in total. The van der Waals surface area contributed by atoms with Crippen molar-refractivity contribution < 1.29 is 5.48 Å². The van der Waals surface area contributed by atoms with Gasteiger partial charge in [0.25, 0.3) is 0 Å². The van der Waals surface area contributed by atoms with Crippen molar-refractivity contribution in [1.29, 1.82) is 0 Å². The van der Waals surface area contributed by atoms with E-state index in [9.17, 15) is 2.74 Å². The molecule has 0 heterocycles. The van der Waals surface area contributed by atoms with E-state index in [0.717, 1.165) is 57.0 Å². The molecule has 6 aromatic carbocycles.